The van der Waals surface area contributed by atoms with Crippen LogP contribution >= 0.6 is 0 Å². The predicted molar refractivity (Wildman–Crippen MR) is 69.2 cm³/mol. The van der Waals surface area contributed by atoms with Gasteiger partial charge in [-0.05, 0) is 49.5 Å². The fraction of sp³-hybridized carbons (Fsp3) is 0.429. The Morgan fingerprint density at radius 3 is 2.74 bits per heavy atom. The Hall–Kier alpha value is -1.88. The summed E-state index contributed by atoms with van der Waals surface area (Å²) >= 11 is 0. The quantitative estimate of drug-likeness (QED) is 0.744. The lowest BCUT2D eigenvalue weighted by Gasteiger charge is -2.18. The van der Waals surface area contributed by atoms with Gasteiger partial charge in [-0.2, -0.15) is 0 Å². The van der Waals surface area contributed by atoms with Gasteiger partial charge in [0.15, 0.2) is 0 Å². The van der Waals surface area contributed by atoms with Crippen molar-refractivity contribution in [1.29, 1.82) is 0 Å². The van der Waals surface area contributed by atoms with Crippen LogP contribution in [0.3, 0.4) is 0 Å². The summed E-state index contributed by atoms with van der Waals surface area (Å²) in [6.07, 6.45) is 1.23. The Morgan fingerprint density at radius 1 is 1.37 bits per heavy atom. The van der Waals surface area contributed by atoms with Crippen molar-refractivity contribution in [3.8, 4) is 0 Å². The Kier molecular flexibility index (Phi) is 4.16. The molecule has 2 atom stereocenters. The number of aliphatic carboxylic acids is 1. The summed E-state index contributed by atoms with van der Waals surface area (Å²) in [6.45, 7) is 1.57. The van der Waals surface area contributed by atoms with Crippen molar-refractivity contribution in [3.05, 3.63) is 35.4 Å². The summed E-state index contributed by atoms with van der Waals surface area (Å²) in [6, 6.07) is 6.51. The molecular weight excluding hydrogens is 246 g/mol. The molecule has 0 bridgehead atoms. The third-order valence-corrected chi connectivity index (χ3v) is 3.61. The summed E-state index contributed by atoms with van der Waals surface area (Å²) in [5.41, 5.74) is 0.963. The van der Waals surface area contributed by atoms with Crippen LogP contribution in [0.25, 0.3) is 0 Å². The number of carboxylic acids is 2. The zero-order valence-electron chi connectivity index (χ0n) is 10.5. The van der Waals surface area contributed by atoms with E-state index in [9.17, 15) is 14.7 Å². The highest BCUT2D eigenvalue weighted by molar-refractivity contribution is 5.87. The van der Waals surface area contributed by atoms with Gasteiger partial charge in [-0.1, -0.05) is 12.1 Å². The lowest BCUT2D eigenvalue weighted by molar-refractivity contribution is -0.143. The smallest absolute Gasteiger partial charge is 0.335 e. The normalized spacial score (nSPS) is 20.1. The number of hydrogen-bond acceptors (Lipinski definition) is 3. The molecule has 5 heteroatoms. The van der Waals surface area contributed by atoms with Gasteiger partial charge >= 0.3 is 11.9 Å². The summed E-state index contributed by atoms with van der Waals surface area (Å²) < 4.78 is 0. The molecule has 5 nitrogen and oxygen atoms in total. The highest BCUT2D eigenvalue weighted by atomic mass is 16.4. The van der Waals surface area contributed by atoms with E-state index in [2.05, 4.69) is 5.32 Å². The van der Waals surface area contributed by atoms with Crippen molar-refractivity contribution in [1.82, 2.24) is 5.32 Å². The van der Waals surface area contributed by atoms with Crippen LogP contribution in [0.2, 0.25) is 0 Å². The van der Waals surface area contributed by atoms with Crippen molar-refractivity contribution >= 4 is 11.9 Å². The molecule has 2 rings (SSSR count). The van der Waals surface area contributed by atoms with Crippen LogP contribution in [-0.4, -0.2) is 35.2 Å². The number of rotatable bonds is 5. The van der Waals surface area contributed by atoms with Crippen LogP contribution in [-0.2, 0) is 11.2 Å². The van der Waals surface area contributed by atoms with Crippen molar-refractivity contribution in [2.45, 2.75) is 12.8 Å². The molecule has 1 aromatic carbocycles. The molecule has 3 N–H and O–H groups in total. The summed E-state index contributed by atoms with van der Waals surface area (Å²) in [5, 5.41) is 21.4. The van der Waals surface area contributed by atoms with Gasteiger partial charge in [0, 0.05) is 0 Å². The summed E-state index contributed by atoms with van der Waals surface area (Å²) in [5.74, 6) is -2.14. The molecule has 1 aromatic rings. The van der Waals surface area contributed by atoms with Gasteiger partial charge in [-0.15, -0.1) is 0 Å². The van der Waals surface area contributed by atoms with E-state index >= 15 is 0 Å². The third-order valence-electron chi connectivity index (χ3n) is 3.61. The van der Waals surface area contributed by atoms with E-state index < -0.39 is 17.9 Å². The van der Waals surface area contributed by atoms with Crippen molar-refractivity contribution in [2.75, 3.05) is 13.1 Å². The van der Waals surface area contributed by atoms with Crippen LogP contribution in [0.4, 0.5) is 0 Å². The molecule has 0 aliphatic carbocycles. The number of hydrogen-bond donors (Lipinski definition) is 3. The van der Waals surface area contributed by atoms with E-state index in [1.54, 1.807) is 18.2 Å². The zero-order chi connectivity index (χ0) is 13.8. The van der Waals surface area contributed by atoms with E-state index in [-0.39, 0.29) is 11.5 Å². The van der Waals surface area contributed by atoms with Crippen LogP contribution in [0.1, 0.15) is 22.3 Å². The molecule has 0 saturated carbocycles. The molecule has 1 aliphatic rings. The minimum atomic E-state index is -0.990. The van der Waals surface area contributed by atoms with Gasteiger partial charge in [-0.3, -0.25) is 4.79 Å². The average molecular weight is 263 g/mol. The van der Waals surface area contributed by atoms with Gasteiger partial charge in [0.05, 0.1) is 11.5 Å². The zero-order valence-corrected chi connectivity index (χ0v) is 10.5. The number of carboxylic acid groups (broad SMARTS) is 2. The maximum Gasteiger partial charge on any atom is 0.335 e. The van der Waals surface area contributed by atoms with Crippen molar-refractivity contribution < 1.29 is 19.8 Å². The summed E-state index contributed by atoms with van der Waals surface area (Å²) in [4.78, 5) is 22.3. The lowest BCUT2D eigenvalue weighted by Crippen LogP contribution is -2.27. The van der Waals surface area contributed by atoms with E-state index in [0.29, 0.717) is 6.42 Å². The van der Waals surface area contributed by atoms with Gasteiger partial charge in [-0.25, -0.2) is 4.79 Å². The second kappa shape index (κ2) is 5.84. The molecule has 0 aromatic heterocycles. The molecule has 1 saturated heterocycles. The molecule has 1 fully saturated rings. The van der Waals surface area contributed by atoms with Crippen LogP contribution < -0.4 is 5.32 Å². The first-order chi connectivity index (χ1) is 9.08. The molecule has 0 amide bonds. The first-order valence-corrected chi connectivity index (χ1v) is 6.33. The Labute approximate surface area is 111 Å². The Balaban J connectivity index is 2.14. The number of nitrogens with one attached hydrogen (secondary N) is 1. The van der Waals surface area contributed by atoms with Gasteiger partial charge in [0.1, 0.15) is 0 Å². The second-order valence-electron chi connectivity index (χ2n) is 4.91. The predicted octanol–water partition coefficient (Wildman–Crippen LogP) is 1.24. The van der Waals surface area contributed by atoms with Crippen LogP contribution in [0.5, 0.6) is 0 Å². The lowest BCUT2D eigenvalue weighted by atomic mass is 9.86. The van der Waals surface area contributed by atoms with Gasteiger partial charge in [0.25, 0.3) is 0 Å². The standard InChI is InChI=1S/C14H17NO4/c16-13(17)10-3-1-2-9(6-10)7-12(14(18)19)11-4-5-15-8-11/h1-3,6,11-12,15H,4-5,7-8H2,(H,16,17)(H,18,19). The largest absolute Gasteiger partial charge is 0.481 e. The second-order valence-corrected chi connectivity index (χ2v) is 4.91. The highest BCUT2D eigenvalue weighted by Crippen LogP contribution is 2.24. The first-order valence-electron chi connectivity index (χ1n) is 6.33. The molecule has 2 unspecified atom stereocenters. The molecule has 1 aliphatic heterocycles. The number of carbonyl (C=O) groups is 2. The van der Waals surface area contributed by atoms with Gasteiger partial charge < -0.3 is 15.5 Å². The molecule has 0 radical (unpaired) electrons. The SMILES string of the molecule is O=C(O)c1cccc(CC(C(=O)O)C2CCNC2)c1. The fourth-order valence-electron chi connectivity index (χ4n) is 2.56. The van der Waals surface area contributed by atoms with Crippen molar-refractivity contribution in [3.63, 3.8) is 0 Å². The topological polar surface area (TPSA) is 86.6 Å². The van der Waals surface area contributed by atoms with Crippen LogP contribution in [0, 0.1) is 11.8 Å². The molecular formula is C14H17NO4. The fourth-order valence-corrected chi connectivity index (χ4v) is 2.56. The molecule has 1 heterocycles. The average Bonchev–Trinajstić information content (AvgIpc) is 2.89. The van der Waals surface area contributed by atoms with E-state index in [4.69, 9.17) is 5.11 Å². The van der Waals surface area contributed by atoms with E-state index in [1.165, 1.54) is 6.07 Å². The Bertz CT molecular complexity index is 480. The Morgan fingerprint density at radius 2 is 2.16 bits per heavy atom. The minimum Gasteiger partial charge on any atom is -0.481 e. The number of benzene rings is 1. The maximum absolute atomic E-state index is 11.4. The number of aromatic carboxylic acids is 1. The monoisotopic (exact) mass is 263 g/mol. The van der Waals surface area contributed by atoms with Gasteiger partial charge in [0.2, 0.25) is 0 Å². The van der Waals surface area contributed by atoms with E-state index in [1.807, 2.05) is 0 Å². The molecule has 102 valence electrons. The molecule has 0 spiro atoms. The maximum atomic E-state index is 11.4. The van der Waals surface area contributed by atoms with Crippen LogP contribution in [0.15, 0.2) is 24.3 Å². The molecule has 19 heavy (non-hydrogen) atoms. The van der Waals surface area contributed by atoms with E-state index in [0.717, 1.165) is 25.1 Å². The van der Waals surface area contributed by atoms with Crippen molar-refractivity contribution in [2.24, 2.45) is 11.8 Å². The third kappa shape index (κ3) is 3.32. The first kappa shape index (κ1) is 13.5. The summed E-state index contributed by atoms with van der Waals surface area (Å²) in [7, 11) is 0. The minimum absolute atomic E-state index is 0.117. The highest BCUT2D eigenvalue weighted by Gasteiger charge is 2.30.